The number of methoxy groups -OCH3 is 1. The van der Waals surface area contributed by atoms with Crippen molar-refractivity contribution in [3.63, 3.8) is 0 Å². The molecule has 1 heterocycles. The van der Waals surface area contributed by atoms with Gasteiger partial charge in [-0.2, -0.15) is 18.3 Å². The van der Waals surface area contributed by atoms with Gasteiger partial charge in [-0.05, 0) is 30.5 Å². The molecule has 0 saturated heterocycles. The number of rotatable bonds is 5. The maximum absolute atomic E-state index is 13.7. The lowest BCUT2D eigenvalue weighted by molar-refractivity contribution is -0.142. The van der Waals surface area contributed by atoms with Gasteiger partial charge in [0.15, 0.2) is 9.84 Å². The first-order chi connectivity index (χ1) is 13.4. The number of aryl methyl sites for hydroxylation is 1. The lowest BCUT2D eigenvalue weighted by Crippen LogP contribution is -2.32. The van der Waals surface area contributed by atoms with Crippen molar-refractivity contribution in [1.29, 1.82) is 0 Å². The molecule has 0 bridgehead atoms. The normalized spacial score (nSPS) is 22.7. The van der Waals surface area contributed by atoms with Gasteiger partial charge in [-0.15, -0.1) is 0 Å². The van der Waals surface area contributed by atoms with Crippen molar-refractivity contribution < 1.29 is 36.2 Å². The van der Waals surface area contributed by atoms with Crippen LogP contribution in [0.1, 0.15) is 18.4 Å². The van der Waals surface area contributed by atoms with Gasteiger partial charge in [0.05, 0.1) is 33.9 Å². The highest BCUT2D eigenvalue weighted by Gasteiger charge is 2.48. The number of aromatic nitrogens is 2. The van der Waals surface area contributed by atoms with Gasteiger partial charge in [-0.3, -0.25) is 9.48 Å². The topological polar surface area (TPSA) is 98.5 Å². The van der Waals surface area contributed by atoms with E-state index in [0.717, 1.165) is 12.1 Å². The summed E-state index contributed by atoms with van der Waals surface area (Å²) in [6, 6.07) is 2.97. The van der Waals surface area contributed by atoms with E-state index in [9.17, 15) is 31.5 Å². The number of hydrogen-bond acceptors (Lipinski definition) is 5. The van der Waals surface area contributed by atoms with Crippen LogP contribution in [0, 0.1) is 5.92 Å². The average molecular weight is 432 g/mol. The quantitative estimate of drug-likeness (QED) is 0.780. The first kappa shape index (κ1) is 21.3. The van der Waals surface area contributed by atoms with E-state index in [1.807, 2.05) is 0 Å². The summed E-state index contributed by atoms with van der Waals surface area (Å²) in [6.45, 7) is 0. The maximum atomic E-state index is 13.7. The van der Waals surface area contributed by atoms with Crippen LogP contribution < -0.4 is 0 Å². The van der Waals surface area contributed by atoms with Crippen LogP contribution in [0.3, 0.4) is 0 Å². The number of aliphatic carboxylic acids is 1. The number of sulfone groups is 1. The molecule has 11 heteroatoms. The summed E-state index contributed by atoms with van der Waals surface area (Å²) in [6.07, 6.45) is -3.42. The van der Waals surface area contributed by atoms with Crippen molar-refractivity contribution in [3.8, 4) is 11.1 Å². The molecule has 1 saturated carbocycles. The Morgan fingerprint density at radius 2 is 1.97 bits per heavy atom. The summed E-state index contributed by atoms with van der Waals surface area (Å²) in [5, 5.41) is 11.7. The molecule has 1 aliphatic rings. The molecule has 158 valence electrons. The first-order valence-corrected chi connectivity index (χ1v) is 10.2. The van der Waals surface area contributed by atoms with Gasteiger partial charge >= 0.3 is 12.1 Å². The Morgan fingerprint density at radius 1 is 1.28 bits per heavy atom. The van der Waals surface area contributed by atoms with Gasteiger partial charge in [0.2, 0.25) is 0 Å². The van der Waals surface area contributed by atoms with Crippen molar-refractivity contribution in [2.75, 3.05) is 7.11 Å². The molecule has 1 aromatic carbocycles. The second-order valence-electron chi connectivity index (χ2n) is 6.98. The Kier molecular flexibility index (Phi) is 5.48. The minimum Gasteiger partial charge on any atom is -0.481 e. The molecule has 0 aliphatic heterocycles. The highest BCUT2D eigenvalue weighted by molar-refractivity contribution is 7.92. The van der Waals surface area contributed by atoms with Gasteiger partial charge < -0.3 is 9.84 Å². The number of carbonyl (C=O) groups is 1. The van der Waals surface area contributed by atoms with Crippen LogP contribution in [0.2, 0.25) is 0 Å². The van der Waals surface area contributed by atoms with Crippen molar-refractivity contribution >= 4 is 15.8 Å². The van der Waals surface area contributed by atoms with E-state index >= 15 is 0 Å². The van der Waals surface area contributed by atoms with Gasteiger partial charge in [0, 0.05) is 25.9 Å². The third-order valence-electron chi connectivity index (χ3n) is 5.13. The molecule has 0 unspecified atom stereocenters. The number of alkyl halides is 3. The zero-order chi connectivity index (χ0) is 21.6. The number of carboxylic acids is 1. The fourth-order valence-corrected chi connectivity index (χ4v) is 5.82. The predicted octanol–water partition coefficient (Wildman–Crippen LogP) is 2.76. The summed E-state index contributed by atoms with van der Waals surface area (Å²) in [7, 11) is -1.68. The smallest absolute Gasteiger partial charge is 0.417 e. The molecule has 0 radical (unpaired) electrons. The monoisotopic (exact) mass is 432 g/mol. The van der Waals surface area contributed by atoms with E-state index in [4.69, 9.17) is 4.74 Å². The summed E-state index contributed by atoms with van der Waals surface area (Å²) < 4.78 is 73.9. The Labute approximate surface area is 165 Å². The number of carboxylic acid groups (broad SMARTS) is 1. The molecule has 1 N–H and O–H groups in total. The van der Waals surface area contributed by atoms with Crippen LogP contribution in [0.15, 0.2) is 35.5 Å². The number of nitrogens with zero attached hydrogens (tertiary/aromatic N) is 2. The molecule has 0 amide bonds. The Hall–Kier alpha value is -2.40. The molecule has 3 rings (SSSR count). The van der Waals surface area contributed by atoms with Gasteiger partial charge in [-0.1, -0.05) is 6.07 Å². The van der Waals surface area contributed by atoms with Crippen molar-refractivity contribution in [3.05, 3.63) is 36.2 Å². The van der Waals surface area contributed by atoms with E-state index in [1.165, 1.54) is 30.3 Å². The lowest BCUT2D eigenvalue weighted by atomic mass is 10.1. The zero-order valence-corrected chi connectivity index (χ0v) is 16.4. The minimum atomic E-state index is -4.92. The highest BCUT2D eigenvalue weighted by Crippen LogP contribution is 2.42. The standard InChI is InChI=1S/C18H19F3N2O5S/c1-23-9-12(8-22-23)10-3-4-15(13(5-10)18(19,20)21)29(26,27)16-7-11(17(24)25)6-14(16)28-2/h3-5,8-9,11,14,16H,6-7H2,1-2H3,(H,24,25)/t11-,14-,16-/m1/s1. The fraction of sp³-hybridized carbons (Fsp3) is 0.444. The third kappa shape index (κ3) is 4.01. The molecular formula is C18H19F3N2O5S. The molecule has 1 aliphatic carbocycles. The number of halogens is 3. The number of benzene rings is 1. The van der Waals surface area contributed by atoms with Crippen LogP contribution >= 0.6 is 0 Å². The summed E-state index contributed by atoms with van der Waals surface area (Å²) >= 11 is 0. The van der Waals surface area contributed by atoms with E-state index < -0.39 is 49.7 Å². The van der Waals surface area contributed by atoms with Crippen LogP contribution in [0.4, 0.5) is 13.2 Å². The van der Waals surface area contributed by atoms with Gasteiger partial charge in [0.1, 0.15) is 0 Å². The van der Waals surface area contributed by atoms with Gasteiger partial charge in [-0.25, -0.2) is 8.42 Å². The highest BCUT2D eigenvalue weighted by atomic mass is 32.2. The van der Waals surface area contributed by atoms with Crippen molar-refractivity contribution in [2.45, 2.75) is 35.3 Å². The Bertz CT molecular complexity index is 1030. The Morgan fingerprint density at radius 3 is 2.48 bits per heavy atom. The molecule has 2 aromatic rings. The number of hydrogen-bond donors (Lipinski definition) is 1. The van der Waals surface area contributed by atoms with Crippen LogP contribution in [-0.2, 0) is 32.6 Å². The summed E-state index contributed by atoms with van der Waals surface area (Å²) in [5.74, 6) is -2.20. The molecule has 3 atom stereocenters. The van der Waals surface area contributed by atoms with Crippen LogP contribution in [0.5, 0.6) is 0 Å². The molecular weight excluding hydrogens is 413 g/mol. The zero-order valence-electron chi connectivity index (χ0n) is 15.5. The predicted molar refractivity (Wildman–Crippen MR) is 95.8 cm³/mol. The van der Waals surface area contributed by atoms with Gasteiger partial charge in [0.25, 0.3) is 0 Å². The molecule has 29 heavy (non-hydrogen) atoms. The largest absolute Gasteiger partial charge is 0.481 e. The van der Waals surface area contributed by atoms with E-state index in [-0.39, 0.29) is 18.4 Å². The maximum Gasteiger partial charge on any atom is 0.417 e. The first-order valence-electron chi connectivity index (χ1n) is 8.65. The molecule has 7 nitrogen and oxygen atoms in total. The van der Waals surface area contributed by atoms with E-state index in [1.54, 1.807) is 7.05 Å². The minimum absolute atomic E-state index is 0.0785. The second kappa shape index (κ2) is 7.45. The average Bonchev–Trinajstić information content (AvgIpc) is 3.27. The summed E-state index contributed by atoms with van der Waals surface area (Å²) in [4.78, 5) is 10.4. The molecule has 1 fully saturated rings. The van der Waals surface area contributed by atoms with Crippen molar-refractivity contribution in [1.82, 2.24) is 9.78 Å². The fourth-order valence-electron chi connectivity index (χ4n) is 3.65. The van der Waals surface area contributed by atoms with Crippen LogP contribution in [-0.4, -0.2) is 47.7 Å². The third-order valence-corrected chi connectivity index (χ3v) is 7.39. The molecule has 1 aromatic heterocycles. The Balaban J connectivity index is 2.10. The van der Waals surface area contributed by atoms with E-state index in [0.29, 0.717) is 5.56 Å². The van der Waals surface area contributed by atoms with Crippen LogP contribution in [0.25, 0.3) is 11.1 Å². The van der Waals surface area contributed by atoms with E-state index in [2.05, 4.69) is 5.10 Å². The SMILES string of the molecule is CO[C@@H]1C[C@@H](C(=O)O)C[C@H]1S(=O)(=O)c1ccc(-c2cnn(C)c2)cc1C(F)(F)F. The molecule has 0 spiro atoms. The number of ether oxygens (including phenoxy) is 1. The lowest BCUT2D eigenvalue weighted by Gasteiger charge is -2.21. The summed E-state index contributed by atoms with van der Waals surface area (Å²) in [5.41, 5.74) is -0.724. The van der Waals surface area contributed by atoms with Crippen molar-refractivity contribution in [2.24, 2.45) is 13.0 Å². The second-order valence-corrected chi connectivity index (χ2v) is 9.11.